The molecule has 2 aromatic rings. The second-order valence-electron chi connectivity index (χ2n) is 6.23. The van der Waals surface area contributed by atoms with Gasteiger partial charge in [-0.1, -0.05) is 12.1 Å². The highest BCUT2D eigenvalue weighted by Gasteiger charge is 2.17. The summed E-state index contributed by atoms with van der Waals surface area (Å²) < 4.78 is 7.16. The molecular formula is C17H24N4O2. The summed E-state index contributed by atoms with van der Waals surface area (Å²) in [6.45, 7) is 9.03. The summed E-state index contributed by atoms with van der Waals surface area (Å²) in [5.41, 5.74) is 2.08. The topological polar surface area (TPSA) is 68.2 Å². The van der Waals surface area contributed by atoms with Gasteiger partial charge in [-0.25, -0.2) is 4.79 Å². The maximum absolute atomic E-state index is 11.9. The Morgan fingerprint density at radius 2 is 1.96 bits per heavy atom. The Morgan fingerprint density at radius 1 is 1.26 bits per heavy atom. The van der Waals surface area contributed by atoms with Gasteiger partial charge in [0, 0.05) is 24.8 Å². The van der Waals surface area contributed by atoms with Gasteiger partial charge in [0.15, 0.2) is 0 Å². The average molecular weight is 316 g/mol. The van der Waals surface area contributed by atoms with E-state index in [2.05, 4.69) is 15.7 Å². The van der Waals surface area contributed by atoms with Crippen LogP contribution in [0.15, 0.2) is 36.7 Å². The molecule has 0 spiro atoms. The number of carbonyl (C=O) groups is 1. The molecule has 0 fully saturated rings. The van der Waals surface area contributed by atoms with Crippen LogP contribution in [-0.4, -0.2) is 21.5 Å². The Bertz CT molecular complexity index is 659. The van der Waals surface area contributed by atoms with Crippen LogP contribution in [0.4, 0.5) is 16.2 Å². The van der Waals surface area contributed by atoms with Crippen molar-refractivity contribution in [3.8, 4) is 0 Å². The molecule has 1 amide bonds. The Balaban J connectivity index is 2.01. The van der Waals surface area contributed by atoms with E-state index in [-0.39, 0.29) is 0 Å². The number of amides is 1. The predicted molar refractivity (Wildman–Crippen MR) is 91.5 cm³/mol. The van der Waals surface area contributed by atoms with Gasteiger partial charge >= 0.3 is 6.09 Å². The number of para-hydroxylation sites is 2. The molecule has 6 heteroatoms. The Hall–Kier alpha value is -2.50. The molecule has 1 aromatic carbocycles. The van der Waals surface area contributed by atoms with Crippen LogP contribution in [-0.2, 0) is 17.8 Å². The predicted octanol–water partition coefficient (Wildman–Crippen LogP) is 3.86. The van der Waals surface area contributed by atoms with Crippen molar-refractivity contribution in [2.75, 3.05) is 10.6 Å². The first-order valence-electron chi connectivity index (χ1n) is 7.71. The van der Waals surface area contributed by atoms with Gasteiger partial charge in [-0.2, -0.15) is 5.10 Å². The summed E-state index contributed by atoms with van der Waals surface area (Å²) in [6, 6.07) is 7.53. The van der Waals surface area contributed by atoms with E-state index in [4.69, 9.17) is 4.74 Å². The summed E-state index contributed by atoms with van der Waals surface area (Å²) in [4.78, 5) is 11.9. The number of ether oxygens (including phenoxy) is 1. The fourth-order valence-corrected chi connectivity index (χ4v) is 2.03. The van der Waals surface area contributed by atoms with Gasteiger partial charge in [-0.3, -0.25) is 10.00 Å². The van der Waals surface area contributed by atoms with Crippen LogP contribution in [0.2, 0.25) is 0 Å². The lowest BCUT2D eigenvalue weighted by atomic mass is 10.2. The smallest absolute Gasteiger partial charge is 0.412 e. The lowest BCUT2D eigenvalue weighted by Gasteiger charge is -2.20. The van der Waals surface area contributed by atoms with E-state index in [0.29, 0.717) is 12.2 Å². The Kier molecular flexibility index (Phi) is 5.26. The molecular weight excluding hydrogens is 292 g/mol. The normalized spacial score (nSPS) is 11.1. The SMILES string of the molecule is CCn1cc(CNc2ccccc2NC(=O)OC(C)(C)C)cn1. The average Bonchev–Trinajstić information content (AvgIpc) is 2.92. The van der Waals surface area contributed by atoms with E-state index in [1.165, 1.54) is 0 Å². The van der Waals surface area contributed by atoms with Crippen molar-refractivity contribution in [2.24, 2.45) is 0 Å². The monoisotopic (exact) mass is 316 g/mol. The number of aryl methyl sites for hydroxylation is 1. The van der Waals surface area contributed by atoms with Crippen LogP contribution in [0.5, 0.6) is 0 Å². The summed E-state index contributed by atoms with van der Waals surface area (Å²) in [6.07, 6.45) is 3.36. The Morgan fingerprint density at radius 3 is 2.57 bits per heavy atom. The van der Waals surface area contributed by atoms with E-state index in [0.717, 1.165) is 17.8 Å². The molecule has 2 N–H and O–H groups in total. The maximum atomic E-state index is 11.9. The zero-order valence-corrected chi connectivity index (χ0v) is 14.1. The first-order valence-corrected chi connectivity index (χ1v) is 7.71. The highest BCUT2D eigenvalue weighted by molar-refractivity contribution is 5.89. The standard InChI is InChI=1S/C17H24N4O2/c1-5-21-12-13(11-19-21)10-18-14-8-6-7-9-15(14)20-16(22)23-17(2,3)4/h6-9,11-12,18H,5,10H2,1-4H3,(H,20,22). The number of hydrogen-bond acceptors (Lipinski definition) is 4. The van der Waals surface area contributed by atoms with Crippen molar-refractivity contribution in [1.82, 2.24) is 9.78 Å². The first-order chi connectivity index (χ1) is 10.9. The van der Waals surface area contributed by atoms with Gasteiger partial charge in [0.05, 0.1) is 17.6 Å². The summed E-state index contributed by atoms with van der Waals surface area (Å²) in [5.74, 6) is 0. The third-order valence-corrected chi connectivity index (χ3v) is 3.06. The summed E-state index contributed by atoms with van der Waals surface area (Å²) >= 11 is 0. The lowest BCUT2D eigenvalue weighted by molar-refractivity contribution is 0.0636. The van der Waals surface area contributed by atoms with Crippen LogP contribution >= 0.6 is 0 Å². The fraction of sp³-hybridized carbons (Fsp3) is 0.412. The molecule has 0 aliphatic rings. The van der Waals surface area contributed by atoms with Crippen molar-refractivity contribution in [3.05, 3.63) is 42.2 Å². The molecule has 0 unspecified atom stereocenters. The van der Waals surface area contributed by atoms with Crippen LogP contribution in [0.25, 0.3) is 0 Å². The quantitative estimate of drug-likeness (QED) is 0.879. The second-order valence-corrected chi connectivity index (χ2v) is 6.23. The first kappa shape index (κ1) is 16.9. The van der Waals surface area contributed by atoms with Crippen LogP contribution < -0.4 is 10.6 Å². The minimum absolute atomic E-state index is 0.467. The minimum Gasteiger partial charge on any atom is -0.444 e. The third-order valence-electron chi connectivity index (χ3n) is 3.06. The number of hydrogen-bond donors (Lipinski definition) is 2. The van der Waals surface area contributed by atoms with Crippen molar-refractivity contribution < 1.29 is 9.53 Å². The molecule has 1 aromatic heterocycles. The van der Waals surface area contributed by atoms with E-state index >= 15 is 0 Å². The molecule has 0 radical (unpaired) electrons. The molecule has 2 rings (SSSR count). The van der Waals surface area contributed by atoms with Gasteiger partial charge in [0.2, 0.25) is 0 Å². The van der Waals surface area contributed by atoms with Crippen molar-refractivity contribution in [1.29, 1.82) is 0 Å². The molecule has 23 heavy (non-hydrogen) atoms. The largest absolute Gasteiger partial charge is 0.444 e. The highest BCUT2D eigenvalue weighted by atomic mass is 16.6. The molecule has 0 aliphatic carbocycles. The number of anilines is 2. The van der Waals surface area contributed by atoms with Gasteiger partial charge in [0.25, 0.3) is 0 Å². The number of rotatable bonds is 5. The molecule has 0 saturated heterocycles. The van der Waals surface area contributed by atoms with Gasteiger partial charge in [-0.15, -0.1) is 0 Å². The molecule has 0 atom stereocenters. The van der Waals surface area contributed by atoms with Gasteiger partial charge in [-0.05, 0) is 39.8 Å². The molecule has 0 bridgehead atoms. The Labute approximate surface area is 136 Å². The second kappa shape index (κ2) is 7.17. The zero-order valence-electron chi connectivity index (χ0n) is 14.1. The lowest BCUT2D eigenvalue weighted by Crippen LogP contribution is -2.27. The van der Waals surface area contributed by atoms with Crippen molar-refractivity contribution in [3.63, 3.8) is 0 Å². The van der Waals surface area contributed by atoms with E-state index < -0.39 is 11.7 Å². The van der Waals surface area contributed by atoms with Crippen LogP contribution in [0, 0.1) is 0 Å². The number of nitrogens with one attached hydrogen (secondary N) is 2. The number of nitrogens with zero attached hydrogens (tertiary/aromatic N) is 2. The van der Waals surface area contributed by atoms with Gasteiger partial charge in [0.1, 0.15) is 5.60 Å². The van der Waals surface area contributed by atoms with E-state index in [1.807, 2.05) is 69.0 Å². The zero-order chi connectivity index (χ0) is 16.9. The summed E-state index contributed by atoms with van der Waals surface area (Å²) in [5, 5.41) is 10.3. The number of benzene rings is 1. The number of aromatic nitrogens is 2. The van der Waals surface area contributed by atoms with Crippen LogP contribution in [0.1, 0.15) is 33.3 Å². The molecule has 0 aliphatic heterocycles. The number of carbonyl (C=O) groups excluding carboxylic acids is 1. The maximum Gasteiger partial charge on any atom is 0.412 e. The van der Waals surface area contributed by atoms with E-state index in [9.17, 15) is 4.79 Å². The third kappa shape index (κ3) is 5.32. The molecule has 0 saturated carbocycles. The minimum atomic E-state index is -0.527. The van der Waals surface area contributed by atoms with Crippen LogP contribution in [0.3, 0.4) is 0 Å². The summed E-state index contributed by atoms with van der Waals surface area (Å²) in [7, 11) is 0. The molecule has 6 nitrogen and oxygen atoms in total. The van der Waals surface area contributed by atoms with E-state index in [1.54, 1.807) is 0 Å². The highest BCUT2D eigenvalue weighted by Crippen LogP contribution is 2.22. The van der Waals surface area contributed by atoms with Crippen molar-refractivity contribution in [2.45, 2.75) is 46.4 Å². The molecule has 1 heterocycles. The van der Waals surface area contributed by atoms with Crippen molar-refractivity contribution >= 4 is 17.5 Å². The molecule has 124 valence electrons. The van der Waals surface area contributed by atoms with Gasteiger partial charge < -0.3 is 10.1 Å². The fourth-order valence-electron chi connectivity index (χ4n) is 2.03.